The van der Waals surface area contributed by atoms with Crippen LogP contribution in [-0.4, -0.2) is 39.0 Å². The smallest absolute Gasteiger partial charge is 0.245 e. The number of aliphatic hydroxyl groups is 2. The van der Waals surface area contributed by atoms with Crippen molar-refractivity contribution in [1.82, 2.24) is 15.5 Å². The number of nitrogens with zero attached hydrogens (tertiary/aromatic N) is 1. The molecule has 6 nitrogen and oxygen atoms in total. The standard InChI is InChI=1S/C15H16ClN3O3/c16-7-1-11(10-5-17-19-12(10)2-7)15(22)3-8-9(4-15)14(8)18-13(21)6-20/h1-2,5,8-9,14,20,22H,3-4,6H2,(H,17,19)(H,18,21)/t8-,9+,14-,15+. The van der Waals surface area contributed by atoms with E-state index in [1.807, 2.05) is 0 Å². The second kappa shape index (κ2) is 4.68. The zero-order valence-corrected chi connectivity index (χ0v) is 12.5. The van der Waals surface area contributed by atoms with E-state index in [-0.39, 0.29) is 23.8 Å². The summed E-state index contributed by atoms with van der Waals surface area (Å²) in [7, 11) is 0. The van der Waals surface area contributed by atoms with E-state index in [9.17, 15) is 9.90 Å². The van der Waals surface area contributed by atoms with Crippen molar-refractivity contribution in [3.63, 3.8) is 0 Å². The van der Waals surface area contributed by atoms with Gasteiger partial charge in [0.1, 0.15) is 6.61 Å². The molecule has 7 heteroatoms. The van der Waals surface area contributed by atoms with Crippen molar-refractivity contribution >= 4 is 28.4 Å². The summed E-state index contributed by atoms with van der Waals surface area (Å²) in [5, 5.41) is 31.0. The Morgan fingerprint density at radius 3 is 2.86 bits per heavy atom. The molecule has 0 aliphatic heterocycles. The number of halogens is 1. The molecule has 0 saturated heterocycles. The number of rotatable bonds is 3. The lowest BCUT2D eigenvalue weighted by Gasteiger charge is -2.27. The fourth-order valence-electron chi connectivity index (χ4n) is 3.93. The van der Waals surface area contributed by atoms with Crippen LogP contribution >= 0.6 is 11.6 Å². The first-order chi connectivity index (χ1) is 10.5. The van der Waals surface area contributed by atoms with Gasteiger partial charge in [-0.05, 0) is 42.4 Å². The Morgan fingerprint density at radius 1 is 1.45 bits per heavy atom. The van der Waals surface area contributed by atoms with Gasteiger partial charge in [-0.3, -0.25) is 9.89 Å². The Bertz CT molecular complexity index is 748. The van der Waals surface area contributed by atoms with Gasteiger partial charge < -0.3 is 15.5 Å². The molecule has 2 aromatic rings. The molecule has 4 atom stereocenters. The third-order valence-electron chi connectivity index (χ3n) is 4.97. The zero-order chi connectivity index (χ0) is 15.5. The van der Waals surface area contributed by atoms with Crippen molar-refractivity contribution in [3.05, 3.63) is 28.9 Å². The molecule has 4 N–H and O–H groups in total. The molecule has 2 aliphatic rings. The number of carbonyl (C=O) groups is 1. The minimum Gasteiger partial charge on any atom is -0.387 e. The normalized spacial score (nSPS) is 33.0. The molecule has 2 saturated carbocycles. The summed E-state index contributed by atoms with van der Waals surface area (Å²) < 4.78 is 0. The Labute approximate surface area is 131 Å². The van der Waals surface area contributed by atoms with Crippen molar-refractivity contribution in [3.8, 4) is 0 Å². The molecule has 1 aromatic carbocycles. The van der Waals surface area contributed by atoms with Crippen LogP contribution in [0.25, 0.3) is 10.9 Å². The van der Waals surface area contributed by atoms with Gasteiger partial charge in [-0.15, -0.1) is 0 Å². The third kappa shape index (κ3) is 2.02. The highest BCUT2D eigenvalue weighted by atomic mass is 35.5. The first-order valence-corrected chi connectivity index (χ1v) is 7.65. The van der Waals surface area contributed by atoms with Crippen molar-refractivity contribution in [2.45, 2.75) is 24.5 Å². The maximum Gasteiger partial charge on any atom is 0.245 e. The van der Waals surface area contributed by atoms with Crippen LogP contribution in [0.3, 0.4) is 0 Å². The van der Waals surface area contributed by atoms with Gasteiger partial charge in [0.05, 0.1) is 17.3 Å². The molecular weight excluding hydrogens is 306 g/mol. The summed E-state index contributed by atoms with van der Waals surface area (Å²) in [5.74, 6) is 0.144. The van der Waals surface area contributed by atoms with Gasteiger partial charge in [0, 0.05) is 16.5 Å². The lowest BCUT2D eigenvalue weighted by Crippen LogP contribution is -2.34. The molecule has 2 fully saturated rings. The minimum atomic E-state index is -0.942. The van der Waals surface area contributed by atoms with Gasteiger partial charge in [-0.25, -0.2) is 0 Å². The monoisotopic (exact) mass is 321 g/mol. The second-order valence-electron chi connectivity index (χ2n) is 6.30. The number of amides is 1. The van der Waals surface area contributed by atoms with Gasteiger partial charge in [0.2, 0.25) is 5.91 Å². The van der Waals surface area contributed by atoms with Gasteiger partial charge >= 0.3 is 0 Å². The van der Waals surface area contributed by atoms with Crippen LogP contribution in [-0.2, 0) is 10.4 Å². The van der Waals surface area contributed by atoms with Gasteiger partial charge in [-0.2, -0.15) is 5.10 Å². The number of carbonyl (C=O) groups excluding carboxylic acids is 1. The zero-order valence-electron chi connectivity index (χ0n) is 11.7. The largest absolute Gasteiger partial charge is 0.387 e. The number of benzene rings is 1. The van der Waals surface area contributed by atoms with Crippen molar-refractivity contribution in [2.75, 3.05) is 6.61 Å². The summed E-state index contributed by atoms with van der Waals surface area (Å²) in [6.07, 6.45) is 2.86. The lowest BCUT2D eigenvalue weighted by molar-refractivity contribution is -0.124. The fraction of sp³-hybridized carbons (Fsp3) is 0.467. The first-order valence-electron chi connectivity index (χ1n) is 7.27. The summed E-state index contributed by atoms with van der Waals surface area (Å²) in [6, 6.07) is 3.65. The van der Waals surface area contributed by atoms with Crippen molar-refractivity contribution in [1.29, 1.82) is 0 Å². The quantitative estimate of drug-likeness (QED) is 0.675. The molecule has 0 radical (unpaired) electrons. The molecule has 1 heterocycles. The summed E-state index contributed by atoms with van der Waals surface area (Å²) in [5.41, 5.74) is 0.660. The average molecular weight is 322 g/mol. The molecule has 2 aliphatic carbocycles. The van der Waals surface area contributed by atoms with Gasteiger partial charge in [-0.1, -0.05) is 11.6 Å². The lowest BCUT2D eigenvalue weighted by atomic mass is 9.86. The minimum absolute atomic E-state index is 0.0685. The first kappa shape index (κ1) is 14.0. The van der Waals surface area contributed by atoms with E-state index in [4.69, 9.17) is 16.7 Å². The van der Waals surface area contributed by atoms with E-state index < -0.39 is 12.2 Å². The van der Waals surface area contributed by atoms with Crippen LogP contribution in [0.15, 0.2) is 18.3 Å². The molecule has 0 unspecified atom stereocenters. The number of hydrogen-bond donors (Lipinski definition) is 4. The molecule has 4 rings (SSSR count). The number of aromatic amines is 1. The maximum absolute atomic E-state index is 11.3. The number of nitrogens with one attached hydrogen (secondary N) is 2. The van der Waals surface area contributed by atoms with E-state index in [1.165, 1.54) is 0 Å². The number of hydrogen-bond acceptors (Lipinski definition) is 4. The van der Waals surface area contributed by atoms with Gasteiger partial charge in [0.15, 0.2) is 0 Å². The molecule has 22 heavy (non-hydrogen) atoms. The van der Waals surface area contributed by atoms with Crippen LogP contribution in [0.5, 0.6) is 0 Å². The van der Waals surface area contributed by atoms with Crippen LogP contribution in [0.1, 0.15) is 18.4 Å². The highest BCUT2D eigenvalue weighted by Gasteiger charge is 2.62. The molecular formula is C15H16ClN3O3. The molecule has 1 amide bonds. The molecule has 1 aromatic heterocycles. The Kier molecular flexibility index (Phi) is 2.98. The van der Waals surface area contributed by atoms with Crippen molar-refractivity contribution < 1.29 is 15.0 Å². The Morgan fingerprint density at radius 2 is 2.18 bits per heavy atom. The van der Waals surface area contributed by atoms with Crippen molar-refractivity contribution in [2.24, 2.45) is 11.8 Å². The predicted molar refractivity (Wildman–Crippen MR) is 80.2 cm³/mol. The molecule has 116 valence electrons. The Hall–Kier alpha value is -1.63. The van der Waals surface area contributed by atoms with Crippen LogP contribution in [0.2, 0.25) is 5.02 Å². The fourth-order valence-corrected chi connectivity index (χ4v) is 4.15. The predicted octanol–water partition coefficient (Wildman–Crippen LogP) is 0.921. The van der Waals surface area contributed by atoms with E-state index >= 15 is 0 Å². The third-order valence-corrected chi connectivity index (χ3v) is 5.19. The summed E-state index contributed by atoms with van der Waals surface area (Å²) in [4.78, 5) is 11.3. The van der Waals surface area contributed by atoms with E-state index in [2.05, 4.69) is 15.5 Å². The number of fused-ring (bicyclic) bond motifs is 2. The second-order valence-corrected chi connectivity index (χ2v) is 6.74. The number of aromatic nitrogens is 2. The average Bonchev–Trinajstić information content (AvgIpc) is 2.86. The summed E-state index contributed by atoms with van der Waals surface area (Å²) in [6.45, 7) is -0.496. The number of H-pyrrole nitrogens is 1. The maximum atomic E-state index is 11.3. The highest BCUT2D eigenvalue weighted by molar-refractivity contribution is 6.31. The van der Waals surface area contributed by atoms with E-state index in [0.717, 1.165) is 16.5 Å². The van der Waals surface area contributed by atoms with E-state index in [0.29, 0.717) is 17.9 Å². The molecule has 0 bridgehead atoms. The van der Waals surface area contributed by atoms with Crippen LogP contribution in [0, 0.1) is 11.8 Å². The van der Waals surface area contributed by atoms with Crippen LogP contribution < -0.4 is 5.32 Å². The molecule has 0 spiro atoms. The Balaban J connectivity index is 1.60. The summed E-state index contributed by atoms with van der Waals surface area (Å²) >= 11 is 6.14. The van der Waals surface area contributed by atoms with Gasteiger partial charge in [0.25, 0.3) is 0 Å². The SMILES string of the molecule is O=C(CO)N[C@@H]1[C@@H]2C[C@@](O)(c3cc(Cl)cc4[nH]ncc34)C[C@@H]21. The highest BCUT2D eigenvalue weighted by Crippen LogP contribution is 2.60. The topological polar surface area (TPSA) is 98.2 Å². The number of aliphatic hydroxyl groups excluding tert-OH is 1. The van der Waals surface area contributed by atoms with E-state index in [1.54, 1.807) is 18.3 Å². The van der Waals surface area contributed by atoms with Crippen LogP contribution in [0.4, 0.5) is 0 Å².